The van der Waals surface area contributed by atoms with Gasteiger partial charge in [0.05, 0.1) is 13.1 Å². The third kappa shape index (κ3) is 4.67. The third-order valence-corrected chi connectivity index (χ3v) is 5.43. The monoisotopic (exact) mass is 487 g/mol. The van der Waals surface area contributed by atoms with Crippen LogP contribution in [0, 0.1) is 0 Å². The SMILES string of the molecule is Brc1ccc(C[N+]2(Cc3ccc(Br)cc3)CCCC2)cc1.[Br-]. The van der Waals surface area contributed by atoms with E-state index in [2.05, 4.69) is 80.4 Å². The van der Waals surface area contributed by atoms with E-state index in [0.29, 0.717) is 0 Å². The molecular formula is C18H20Br3N. The van der Waals surface area contributed by atoms with E-state index in [-0.39, 0.29) is 17.0 Å². The lowest BCUT2D eigenvalue weighted by atomic mass is 10.1. The van der Waals surface area contributed by atoms with Gasteiger partial charge >= 0.3 is 0 Å². The first kappa shape index (κ1) is 18.2. The number of rotatable bonds is 4. The van der Waals surface area contributed by atoms with Crippen molar-refractivity contribution in [2.24, 2.45) is 0 Å². The minimum Gasteiger partial charge on any atom is -1.00 e. The van der Waals surface area contributed by atoms with Crippen LogP contribution in [-0.2, 0) is 13.1 Å². The zero-order chi connectivity index (χ0) is 14.7. The molecule has 0 aromatic heterocycles. The molecule has 118 valence electrons. The fraction of sp³-hybridized carbons (Fsp3) is 0.333. The lowest BCUT2D eigenvalue weighted by Crippen LogP contribution is -3.00. The summed E-state index contributed by atoms with van der Waals surface area (Å²) >= 11 is 7.05. The summed E-state index contributed by atoms with van der Waals surface area (Å²) in [6, 6.07) is 17.6. The Labute approximate surface area is 160 Å². The maximum atomic E-state index is 3.52. The van der Waals surface area contributed by atoms with Crippen molar-refractivity contribution in [2.75, 3.05) is 13.1 Å². The van der Waals surface area contributed by atoms with Crippen LogP contribution in [0.1, 0.15) is 24.0 Å². The molecule has 0 N–H and O–H groups in total. The molecule has 1 saturated heterocycles. The average Bonchev–Trinajstić information content (AvgIpc) is 2.92. The van der Waals surface area contributed by atoms with Crippen molar-refractivity contribution in [2.45, 2.75) is 25.9 Å². The van der Waals surface area contributed by atoms with E-state index in [1.54, 1.807) is 0 Å². The highest BCUT2D eigenvalue weighted by Gasteiger charge is 2.32. The van der Waals surface area contributed by atoms with Gasteiger partial charge in [0, 0.05) is 32.9 Å². The van der Waals surface area contributed by atoms with Gasteiger partial charge in [-0.05, 0) is 24.3 Å². The van der Waals surface area contributed by atoms with Crippen molar-refractivity contribution >= 4 is 31.9 Å². The van der Waals surface area contributed by atoms with Gasteiger partial charge in [-0.1, -0.05) is 56.1 Å². The molecular weight excluding hydrogens is 470 g/mol. The van der Waals surface area contributed by atoms with Gasteiger partial charge in [0.2, 0.25) is 0 Å². The van der Waals surface area contributed by atoms with Crippen LogP contribution in [0.4, 0.5) is 0 Å². The molecule has 1 aliphatic heterocycles. The highest BCUT2D eigenvalue weighted by molar-refractivity contribution is 9.10. The second kappa shape index (κ2) is 8.09. The first-order valence-electron chi connectivity index (χ1n) is 7.49. The minimum atomic E-state index is 0. The summed E-state index contributed by atoms with van der Waals surface area (Å²) in [6.07, 6.45) is 2.71. The Balaban J connectivity index is 0.00000176. The third-order valence-electron chi connectivity index (χ3n) is 4.38. The summed E-state index contributed by atoms with van der Waals surface area (Å²) in [5, 5.41) is 0. The van der Waals surface area contributed by atoms with Crippen molar-refractivity contribution in [1.29, 1.82) is 0 Å². The molecule has 2 aromatic carbocycles. The zero-order valence-electron chi connectivity index (χ0n) is 12.4. The van der Waals surface area contributed by atoms with Gasteiger partial charge in [-0.2, -0.15) is 0 Å². The van der Waals surface area contributed by atoms with Crippen LogP contribution in [0.5, 0.6) is 0 Å². The van der Waals surface area contributed by atoms with Crippen LogP contribution >= 0.6 is 31.9 Å². The molecule has 0 unspecified atom stereocenters. The van der Waals surface area contributed by atoms with Gasteiger partial charge in [-0.3, -0.25) is 0 Å². The highest BCUT2D eigenvalue weighted by atomic mass is 79.9. The van der Waals surface area contributed by atoms with Gasteiger partial charge in [-0.25, -0.2) is 0 Å². The predicted molar refractivity (Wildman–Crippen MR) is 94.9 cm³/mol. The fourth-order valence-electron chi connectivity index (χ4n) is 3.33. The molecule has 1 heterocycles. The zero-order valence-corrected chi connectivity index (χ0v) is 17.2. The molecule has 1 nitrogen and oxygen atoms in total. The summed E-state index contributed by atoms with van der Waals surface area (Å²) in [4.78, 5) is 0. The van der Waals surface area contributed by atoms with Gasteiger partial charge < -0.3 is 21.5 Å². The maximum absolute atomic E-state index is 3.52. The van der Waals surface area contributed by atoms with Crippen molar-refractivity contribution in [3.05, 3.63) is 68.6 Å². The van der Waals surface area contributed by atoms with Crippen molar-refractivity contribution in [1.82, 2.24) is 0 Å². The lowest BCUT2D eigenvalue weighted by molar-refractivity contribution is -0.942. The Morgan fingerprint density at radius 3 is 1.41 bits per heavy atom. The van der Waals surface area contributed by atoms with Crippen LogP contribution in [0.25, 0.3) is 0 Å². The van der Waals surface area contributed by atoms with E-state index in [4.69, 9.17) is 0 Å². The van der Waals surface area contributed by atoms with E-state index in [9.17, 15) is 0 Å². The smallest absolute Gasteiger partial charge is 0.105 e. The summed E-state index contributed by atoms with van der Waals surface area (Å²) in [5.41, 5.74) is 2.88. The quantitative estimate of drug-likeness (QED) is 0.579. The molecule has 0 radical (unpaired) electrons. The molecule has 22 heavy (non-hydrogen) atoms. The largest absolute Gasteiger partial charge is 1.00 e. The molecule has 4 heteroatoms. The minimum absolute atomic E-state index is 0. The summed E-state index contributed by atoms with van der Waals surface area (Å²) in [6.45, 7) is 4.88. The predicted octanol–water partition coefficient (Wildman–Crippen LogP) is 2.53. The Morgan fingerprint density at radius 1 is 0.682 bits per heavy atom. The second-order valence-corrected chi connectivity index (χ2v) is 7.90. The molecule has 1 aliphatic rings. The summed E-state index contributed by atoms with van der Waals surface area (Å²) < 4.78 is 3.52. The Kier molecular flexibility index (Phi) is 6.69. The molecule has 0 aliphatic carbocycles. The van der Waals surface area contributed by atoms with Gasteiger partial charge in [0.15, 0.2) is 0 Å². The Morgan fingerprint density at radius 2 is 1.05 bits per heavy atom. The first-order valence-corrected chi connectivity index (χ1v) is 9.08. The standard InChI is InChI=1S/C18H20Br2N.BrH/c19-17-7-3-15(4-8-17)13-21(11-1-2-12-21)14-16-5-9-18(20)10-6-16;/h3-10H,1-2,11-14H2;1H/q+1;/p-1. The normalized spacial score (nSPS) is 16.3. The van der Waals surface area contributed by atoms with Gasteiger partial charge in [0.1, 0.15) is 13.1 Å². The van der Waals surface area contributed by atoms with Crippen molar-refractivity contribution in [3.8, 4) is 0 Å². The first-order chi connectivity index (χ1) is 10.2. The summed E-state index contributed by atoms with van der Waals surface area (Å²) in [5.74, 6) is 0. The number of quaternary nitrogens is 1. The topological polar surface area (TPSA) is 0 Å². The summed E-state index contributed by atoms with van der Waals surface area (Å²) in [7, 11) is 0. The second-order valence-electron chi connectivity index (χ2n) is 6.07. The molecule has 2 aromatic rings. The number of halogens is 3. The van der Waals surface area contributed by atoms with Gasteiger partial charge in [0.25, 0.3) is 0 Å². The van der Waals surface area contributed by atoms with Crippen molar-refractivity contribution < 1.29 is 21.5 Å². The molecule has 0 amide bonds. The number of hydrogen-bond acceptors (Lipinski definition) is 0. The number of nitrogens with zero attached hydrogens (tertiary/aromatic N) is 1. The van der Waals surface area contributed by atoms with E-state index < -0.39 is 0 Å². The molecule has 0 saturated carbocycles. The van der Waals surface area contributed by atoms with Gasteiger partial charge in [-0.15, -0.1) is 0 Å². The molecule has 0 spiro atoms. The van der Waals surface area contributed by atoms with E-state index >= 15 is 0 Å². The van der Waals surface area contributed by atoms with Crippen LogP contribution in [0.15, 0.2) is 57.5 Å². The van der Waals surface area contributed by atoms with Crippen molar-refractivity contribution in [3.63, 3.8) is 0 Å². The maximum Gasteiger partial charge on any atom is 0.105 e. The molecule has 0 bridgehead atoms. The lowest BCUT2D eigenvalue weighted by Gasteiger charge is -2.34. The Bertz CT molecular complexity index is 537. The van der Waals surface area contributed by atoms with Crippen LogP contribution in [0.2, 0.25) is 0 Å². The number of hydrogen-bond donors (Lipinski definition) is 0. The van der Waals surface area contributed by atoms with Crippen LogP contribution in [0.3, 0.4) is 0 Å². The van der Waals surface area contributed by atoms with Crippen LogP contribution in [-0.4, -0.2) is 17.6 Å². The molecule has 3 rings (SSSR count). The van der Waals surface area contributed by atoms with E-state index in [1.165, 1.54) is 41.5 Å². The fourth-order valence-corrected chi connectivity index (χ4v) is 3.86. The average molecular weight is 490 g/mol. The van der Waals surface area contributed by atoms with Crippen LogP contribution < -0.4 is 17.0 Å². The Hall–Kier alpha value is -0.160. The van der Waals surface area contributed by atoms with E-state index in [0.717, 1.165) is 22.0 Å². The molecule has 1 fully saturated rings. The number of likely N-dealkylation sites (tertiary alicyclic amines) is 1. The molecule has 0 atom stereocenters. The highest BCUT2D eigenvalue weighted by Crippen LogP contribution is 2.27. The number of benzene rings is 2. The van der Waals surface area contributed by atoms with E-state index in [1.807, 2.05) is 0 Å².